The van der Waals surface area contributed by atoms with Gasteiger partial charge in [0.1, 0.15) is 0 Å². The van der Waals surface area contributed by atoms with E-state index in [4.69, 9.17) is 4.74 Å². The monoisotopic (exact) mass is 173 g/mol. The Bertz CT molecular complexity index is 83.8. The fourth-order valence-corrected chi connectivity index (χ4v) is 0.832. The zero-order valence-electron chi connectivity index (χ0n) is 8.89. The number of hydrogen-bond acceptors (Lipinski definition) is 2. The van der Waals surface area contributed by atoms with Crippen LogP contribution in [0.25, 0.3) is 0 Å². The van der Waals surface area contributed by atoms with Gasteiger partial charge in [0, 0.05) is 12.6 Å². The Morgan fingerprint density at radius 1 is 1.33 bits per heavy atom. The Labute approximate surface area is 76.7 Å². The van der Waals surface area contributed by atoms with Gasteiger partial charge in [-0.25, -0.2) is 0 Å². The maximum Gasteiger partial charge on any atom is 0.0616 e. The van der Waals surface area contributed by atoms with Crippen LogP contribution in [0.1, 0.15) is 33.6 Å². The molecule has 0 heterocycles. The van der Waals surface area contributed by atoms with Gasteiger partial charge < -0.3 is 10.1 Å². The van der Waals surface area contributed by atoms with E-state index in [1.807, 2.05) is 7.05 Å². The second kappa shape index (κ2) is 7.56. The molecule has 2 unspecified atom stereocenters. The number of rotatable bonds is 7. The van der Waals surface area contributed by atoms with Crippen LogP contribution in [0, 0.1) is 5.92 Å². The van der Waals surface area contributed by atoms with Crippen molar-refractivity contribution in [2.24, 2.45) is 5.92 Å². The van der Waals surface area contributed by atoms with Crippen molar-refractivity contribution in [1.29, 1.82) is 0 Å². The van der Waals surface area contributed by atoms with Gasteiger partial charge >= 0.3 is 0 Å². The summed E-state index contributed by atoms with van der Waals surface area (Å²) in [5.41, 5.74) is 0. The minimum Gasteiger partial charge on any atom is -0.380 e. The lowest BCUT2D eigenvalue weighted by atomic mass is 10.1. The summed E-state index contributed by atoms with van der Waals surface area (Å²) in [4.78, 5) is 0. The van der Waals surface area contributed by atoms with Gasteiger partial charge in [0.15, 0.2) is 0 Å². The van der Waals surface area contributed by atoms with Gasteiger partial charge in [0.05, 0.1) is 6.61 Å². The quantitative estimate of drug-likeness (QED) is 0.595. The van der Waals surface area contributed by atoms with Crippen LogP contribution in [-0.4, -0.2) is 26.3 Å². The molecular formula is C10H23NO. The number of likely N-dealkylation sites (N-methyl/N-ethyl adjacent to an activating group) is 1. The van der Waals surface area contributed by atoms with Crippen LogP contribution in [-0.2, 0) is 4.74 Å². The molecule has 0 amide bonds. The average molecular weight is 173 g/mol. The molecule has 0 aliphatic rings. The Kier molecular flexibility index (Phi) is 7.51. The summed E-state index contributed by atoms with van der Waals surface area (Å²) < 4.78 is 5.50. The first-order valence-corrected chi connectivity index (χ1v) is 4.95. The fraction of sp³-hybridized carbons (Fsp3) is 1.00. The first-order chi connectivity index (χ1) is 5.70. The number of hydrogen-bond donors (Lipinski definition) is 1. The van der Waals surface area contributed by atoms with Gasteiger partial charge in [0.25, 0.3) is 0 Å². The van der Waals surface area contributed by atoms with E-state index in [-0.39, 0.29) is 0 Å². The third-order valence-electron chi connectivity index (χ3n) is 2.31. The highest BCUT2D eigenvalue weighted by atomic mass is 16.5. The summed E-state index contributed by atoms with van der Waals surface area (Å²) in [5, 5.41) is 3.14. The molecule has 0 spiro atoms. The summed E-state index contributed by atoms with van der Waals surface area (Å²) in [6, 6.07) is 0.474. The molecule has 2 nitrogen and oxygen atoms in total. The molecule has 0 radical (unpaired) electrons. The first kappa shape index (κ1) is 11.9. The zero-order valence-corrected chi connectivity index (χ0v) is 8.89. The minimum absolute atomic E-state index is 0.474. The molecule has 0 aliphatic heterocycles. The summed E-state index contributed by atoms with van der Waals surface area (Å²) in [6.07, 6.45) is 2.44. The molecule has 74 valence electrons. The lowest BCUT2D eigenvalue weighted by Gasteiger charge is -2.12. The number of nitrogens with one attached hydrogen (secondary N) is 1. The van der Waals surface area contributed by atoms with Crippen molar-refractivity contribution in [1.82, 2.24) is 5.32 Å². The highest BCUT2D eigenvalue weighted by Crippen LogP contribution is 2.05. The maximum atomic E-state index is 5.50. The Morgan fingerprint density at radius 2 is 2.00 bits per heavy atom. The molecular weight excluding hydrogens is 150 g/mol. The second-order valence-corrected chi connectivity index (χ2v) is 3.57. The van der Waals surface area contributed by atoms with Crippen LogP contribution in [0.2, 0.25) is 0 Å². The molecule has 0 saturated carbocycles. The van der Waals surface area contributed by atoms with Crippen molar-refractivity contribution >= 4 is 0 Å². The smallest absolute Gasteiger partial charge is 0.0616 e. The van der Waals surface area contributed by atoms with Gasteiger partial charge in [0.2, 0.25) is 0 Å². The summed E-state index contributed by atoms with van der Waals surface area (Å²) in [5.74, 6) is 0.801. The lowest BCUT2D eigenvalue weighted by molar-refractivity contribution is 0.106. The minimum atomic E-state index is 0.474. The van der Waals surface area contributed by atoms with Crippen LogP contribution in [0.5, 0.6) is 0 Å². The topological polar surface area (TPSA) is 21.3 Å². The maximum absolute atomic E-state index is 5.50. The van der Waals surface area contributed by atoms with Gasteiger partial charge in [-0.05, 0) is 26.3 Å². The van der Waals surface area contributed by atoms with Gasteiger partial charge in [-0.15, -0.1) is 0 Å². The SMILES string of the molecule is CCC(C)CCOCC(C)NC. The van der Waals surface area contributed by atoms with Crippen molar-refractivity contribution in [2.45, 2.75) is 39.7 Å². The van der Waals surface area contributed by atoms with Gasteiger partial charge in [-0.1, -0.05) is 20.3 Å². The molecule has 0 fully saturated rings. The highest BCUT2D eigenvalue weighted by molar-refractivity contribution is 4.54. The molecule has 0 aromatic heterocycles. The van der Waals surface area contributed by atoms with Crippen LogP contribution in [0.3, 0.4) is 0 Å². The Morgan fingerprint density at radius 3 is 2.50 bits per heavy atom. The molecule has 1 N–H and O–H groups in total. The van der Waals surface area contributed by atoms with Crippen LogP contribution in [0.4, 0.5) is 0 Å². The molecule has 0 aromatic rings. The summed E-state index contributed by atoms with van der Waals surface area (Å²) in [7, 11) is 1.96. The van der Waals surface area contributed by atoms with E-state index in [1.165, 1.54) is 12.8 Å². The van der Waals surface area contributed by atoms with E-state index in [0.717, 1.165) is 19.1 Å². The first-order valence-electron chi connectivity index (χ1n) is 4.95. The van der Waals surface area contributed by atoms with Crippen molar-refractivity contribution < 1.29 is 4.74 Å². The fourth-order valence-electron chi connectivity index (χ4n) is 0.832. The number of ether oxygens (including phenoxy) is 1. The molecule has 0 aromatic carbocycles. The molecule has 12 heavy (non-hydrogen) atoms. The molecule has 0 bridgehead atoms. The summed E-state index contributed by atoms with van der Waals surface area (Å²) in [6.45, 7) is 8.35. The Balaban J connectivity index is 3.10. The van der Waals surface area contributed by atoms with Crippen molar-refractivity contribution in [3.63, 3.8) is 0 Å². The lowest BCUT2D eigenvalue weighted by Crippen LogP contribution is -2.27. The van der Waals surface area contributed by atoms with Crippen LogP contribution < -0.4 is 5.32 Å². The van der Waals surface area contributed by atoms with Crippen LogP contribution >= 0.6 is 0 Å². The molecule has 0 saturated heterocycles. The van der Waals surface area contributed by atoms with E-state index >= 15 is 0 Å². The predicted octanol–water partition coefficient (Wildman–Crippen LogP) is 2.05. The van der Waals surface area contributed by atoms with Gasteiger partial charge in [-0.2, -0.15) is 0 Å². The zero-order chi connectivity index (χ0) is 9.40. The largest absolute Gasteiger partial charge is 0.380 e. The Hall–Kier alpha value is -0.0800. The molecule has 2 heteroatoms. The normalized spacial score (nSPS) is 16.0. The van der Waals surface area contributed by atoms with E-state index in [0.29, 0.717) is 6.04 Å². The third kappa shape index (κ3) is 6.62. The highest BCUT2D eigenvalue weighted by Gasteiger charge is 2.00. The third-order valence-corrected chi connectivity index (χ3v) is 2.31. The van der Waals surface area contributed by atoms with E-state index in [2.05, 4.69) is 26.1 Å². The molecule has 0 rings (SSSR count). The second-order valence-electron chi connectivity index (χ2n) is 3.57. The van der Waals surface area contributed by atoms with Gasteiger partial charge in [-0.3, -0.25) is 0 Å². The summed E-state index contributed by atoms with van der Waals surface area (Å²) >= 11 is 0. The standard InChI is InChI=1S/C10H23NO/c1-5-9(2)6-7-12-8-10(3)11-4/h9-11H,5-8H2,1-4H3. The van der Waals surface area contributed by atoms with Crippen molar-refractivity contribution in [2.75, 3.05) is 20.3 Å². The van der Waals surface area contributed by atoms with E-state index < -0.39 is 0 Å². The van der Waals surface area contributed by atoms with E-state index in [1.54, 1.807) is 0 Å². The molecule has 2 atom stereocenters. The van der Waals surface area contributed by atoms with Crippen molar-refractivity contribution in [3.05, 3.63) is 0 Å². The average Bonchev–Trinajstić information content (AvgIpc) is 2.11. The van der Waals surface area contributed by atoms with E-state index in [9.17, 15) is 0 Å². The van der Waals surface area contributed by atoms with Crippen LogP contribution in [0.15, 0.2) is 0 Å². The molecule has 0 aliphatic carbocycles. The predicted molar refractivity (Wildman–Crippen MR) is 53.4 cm³/mol. The van der Waals surface area contributed by atoms with Crippen molar-refractivity contribution in [3.8, 4) is 0 Å².